The molecule has 7 rings (SSSR count). The third-order valence-corrected chi connectivity index (χ3v) is 13.0. The van der Waals surface area contributed by atoms with Crippen LogP contribution < -0.4 is 24.8 Å². The van der Waals surface area contributed by atoms with Crippen molar-refractivity contribution in [3.8, 4) is 22.3 Å². The molecule has 0 radical (unpaired) electrons. The molecule has 0 amide bonds. The molecule has 0 bridgehead atoms. The van der Waals surface area contributed by atoms with E-state index in [4.69, 9.17) is 0 Å². The zero-order chi connectivity index (χ0) is 21.8. The van der Waals surface area contributed by atoms with Crippen molar-refractivity contribution in [1.29, 1.82) is 0 Å². The molecule has 4 aromatic rings. The van der Waals surface area contributed by atoms with Crippen LogP contribution in [-0.4, -0.2) is 0 Å². The summed E-state index contributed by atoms with van der Waals surface area (Å²) in [7, 11) is 0. The molecule has 2 unspecified atom stereocenters. The van der Waals surface area contributed by atoms with Gasteiger partial charge in [-0.15, -0.1) is 0 Å². The fraction of sp³-hybridized carbons (Fsp3) is 0.125. The number of halogens is 2. The molecule has 2 aliphatic carbocycles. The van der Waals surface area contributed by atoms with Gasteiger partial charge in [-0.25, -0.2) is 0 Å². The average molecular weight is 571 g/mol. The van der Waals surface area contributed by atoms with Crippen LogP contribution in [0.25, 0.3) is 34.4 Å². The number of hydrogen-bond acceptors (Lipinski definition) is 0. The maximum Gasteiger partial charge on any atom is -1.00 e. The second-order valence-electron chi connectivity index (χ2n) is 9.41. The summed E-state index contributed by atoms with van der Waals surface area (Å²) < 4.78 is 1.01. The molecular weight excluding hydrogens is 546 g/mol. The van der Waals surface area contributed by atoms with Crippen LogP contribution in [-0.2, 0) is 26.4 Å². The van der Waals surface area contributed by atoms with Crippen molar-refractivity contribution in [2.75, 3.05) is 0 Å². The fourth-order valence-electron chi connectivity index (χ4n) is 6.05. The van der Waals surface area contributed by atoms with Gasteiger partial charge >= 0.3 is 208 Å². The van der Waals surface area contributed by atoms with Crippen LogP contribution in [0.2, 0.25) is 0 Å². The van der Waals surface area contributed by atoms with Gasteiger partial charge in [0, 0.05) is 0 Å². The van der Waals surface area contributed by atoms with Gasteiger partial charge in [0.25, 0.3) is 0 Å². The van der Waals surface area contributed by atoms with Crippen LogP contribution in [0.15, 0.2) is 109 Å². The Morgan fingerprint density at radius 3 is 1.97 bits per heavy atom. The summed E-state index contributed by atoms with van der Waals surface area (Å²) in [5.74, 6) is 0. The Morgan fingerprint density at radius 2 is 1.29 bits per heavy atom. The first-order chi connectivity index (χ1) is 16.3. The molecule has 0 saturated carbocycles. The standard InChI is InChI=1S/C32H24.2ClH.Zr/c1-3-9-24(10-4-1)28-15-8-16-29-26(19-20-31(28)29)18-17-23-21-27-13-7-14-30(32(27)22-23)25-11-5-2-6-12-25;;;/h1-16,19-22H,17-18H2;2*1H;/q;;;+2/p-2. The topological polar surface area (TPSA) is 0 Å². The predicted octanol–water partition coefficient (Wildman–Crippen LogP) is 2.27. The first-order valence-electron chi connectivity index (χ1n) is 11.9. The Bertz CT molecular complexity index is 1440. The van der Waals surface area contributed by atoms with Crippen molar-refractivity contribution in [3.63, 3.8) is 0 Å². The number of benzene rings is 4. The molecule has 1 spiro atoms. The number of fused-ring (bicyclic) bond motifs is 5. The predicted molar refractivity (Wildman–Crippen MR) is 134 cm³/mol. The van der Waals surface area contributed by atoms with E-state index in [1.54, 1.807) is 16.7 Å². The van der Waals surface area contributed by atoms with Crippen molar-refractivity contribution in [2.45, 2.75) is 19.6 Å². The van der Waals surface area contributed by atoms with Gasteiger partial charge in [0.2, 0.25) is 0 Å². The summed E-state index contributed by atoms with van der Waals surface area (Å²) in [5.41, 5.74) is 13.3. The Kier molecular flexibility index (Phi) is 6.80. The maximum absolute atomic E-state index is 2.60. The second-order valence-corrected chi connectivity index (χ2v) is 13.7. The summed E-state index contributed by atoms with van der Waals surface area (Å²) in [4.78, 5) is 0. The van der Waals surface area contributed by atoms with E-state index >= 15 is 0 Å². The molecule has 35 heavy (non-hydrogen) atoms. The molecule has 2 atom stereocenters. The molecule has 170 valence electrons. The van der Waals surface area contributed by atoms with Gasteiger partial charge < -0.3 is 24.8 Å². The van der Waals surface area contributed by atoms with E-state index < -0.39 is 23.2 Å². The third kappa shape index (κ3) is 3.93. The fourth-order valence-corrected chi connectivity index (χ4v) is 11.4. The molecule has 0 N–H and O–H groups in total. The number of hydrogen-bond donors (Lipinski definition) is 0. The van der Waals surface area contributed by atoms with Crippen molar-refractivity contribution >= 4 is 12.2 Å². The second kappa shape index (κ2) is 9.70. The SMILES string of the molecule is C1=C[C]2(CCC3=Cc4c(-c5ccccc5)cccc4[CH]3[Zr+2]2)c2cccc(-c3ccccc3)c21.[Cl-].[Cl-]. The summed E-state index contributed by atoms with van der Waals surface area (Å²) in [6.07, 6.45) is 10.1. The molecule has 0 aromatic heterocycles. The van der Waals surface area contributed by atoms with Gasteiger partial charge in [-0.2, -0.15) is 0 Å². The summed E-state index contributed by atoms with van der Waals surface area (Å²) in [6.45, 7) is 0. The van der Waals surface area contributed by atoms with E-state index in [0.29, 0.717) is 6.75 Å². The molecule has 3 heteroatoms. The van der Waals surface area contributed by atoms with Crippen LogP contribution >= 0.6 is 0 Å². The average Bonchev–Trinajstić information content (AvgIpc) is 3.43. The Labute approximate surface area is 231 Å². The van der Waals surface area contributed by atoms with Gasteiger partial charge in [0.1, 0.15) is 0 Å². The molecule has 1 saturated heterocycles. The zero-order valence-corrected chi connectivity index (χ0v) is 23.2. The number of rotatable bonds is 2. The molecular formula is C32H24Cl2Zr. The Balaban J connectivity index is 0.00000127. The first-order valence-corrected chi connectivity index (χ1v) is 14.5. The van der Waals surface area contributed by atoms with Gasteiger partial charge in [0.05, 0.1) is 0 Å². The minimum absolute atomic E-state index is 0. The van der Waals surface area contributed by atoms with E-state index in [2.05, 4.69) is 115 Å². The van der Waals surface area contributed by atoms with E-state index in [0.717, 1.165) is 0 Å². The van der Waals surface area contributed by atoms with Gasteiger partial charge in [-0.1, -0.05) is 0 Å². The van der Waals surface area contributed by atoms with Crippen LogP contribution in [0.5, 0.6) is 0 Å². The summed E-state index contributed by atoms with van der Waals surface area (Å²) >= 11 is -0.822. The summed E-state index contributed by atoms with van der Waals surface area (Å²) in [5, 5.41) is 0. The molecule has 1 heterocycles. The van der Waals surface area contributed by atoms with Crippen molar-refractivity contribution in [2.24, 2.45) is 0 Å². The third-order valence-electron chi connectivity index (χ3n) is 7.65. The van der Waals surface area contributed by atoms with Crippen molar-refractivity contribution < 1.29 is 48.0 Å². The molecule has 1 fully saturated rings. The largest absolute Gasteiger partial charge is 1.00 e. The molecule has 0 nitrogen and oxygen atoms in total. The van der Waals surface area contributed by atoms with Crippen molar-refractivity contribution in [1.82, 2.24) is 0 Å². The van der Waals surface area contributed by atoms with Crippen LogP contribution in [0, 0.1) is 0 Å². The Hall–Kier alpha value is -2.18. The zero-order valence-electron chi connectivity index (χ0n) is 19.2. The quantitative estimate of drug-likeness (QED) is 0.347. The van der Waals surface area contributed by atoms with E-state index in [9.17, 15) is 0 Å². The van der Waals surface area contributed by atoms with Crippen LogP contribution in [0.1, 0.15) is 38.7 Å². The molecule has 4 aromatic carbocycles. The van der Waals surface area contributed by atoms with E-state index in [1.165, 1.54) is 46.2 Å². The van der Waals surface area contributed by atoms with Gasteiger partial charge in [-0.05, 0) is 0 Å². The van der Waals surface area contributed by atoms with Crippen LogP contribution in [0.3, 0.4) is 0 Å². The molecule has 1 aliphatic heterocycles. The monoisotopic (exact) mass is 568 g/mol. The van der Waals surface area contributed by atoms with E-state index in [-0.39, 0.29) is 24.8 Å². The smallest absolute Gasteiger partial charge is 1.00 e. The first kappa shape index (κ1) is 24.5. The normalized spacial score (nSPS) is 20.3. The maximum atomic E-state index is 2.60. The Morgan fingerprint density at radius 1 is 0.657 bits per heavy atom. The van der Waals surface area contributed by atoms with Gasteiger partial charge in [0.15, 0.2) is 0 Å². The van der Waals surface area contributed by atoms with Crippen LogP contribution in [0.4, 0.5) is 0 Å². The number of allylic oxidation sites excluding steroid dienone is 2. The summed E-state index contributed by atoms with van der Waals surface area (Å²) in [6, 6.07) is 35.8. The van der Waals surface area contributed by atoms with Crippen molar-refractivity contribution in [3.05, 3.63) is 131 Å². The van der Waals surface area contributed by atoms with E-state index in [1.807, 2.05) is 0 Å². The van der Waals surface area contributed by atoms with Gasteiger partial charge in [-0.3, -0.25) is 0 Å². The minimum Gasteiger partial charge on any atom is -1.00 e. The molecule has 3 aliphatic rings. The minimum atomic E-state index is -0.822.